The summed E-state index contributed by atoms with van der Waals surface area (Å²) >= 11 is 0. The minimum atomic E-state index is -2.77. The van der Waals surface area contributed by atoms with Gasteiger partial charge in [-0.2, -0.15) is 0 Å². The van der Waals surface area contributed by atoms with Crippen molar-refractivity contribution in [2.75, 3.05) is 19.8 Å². The third-order valence-electron chi connectivity index (χ3n) is 12.9. The van der Waals surface area contributed by atoms with Gasteiger partial charge in [0.1, 0.15) is 11.5 Å². The van der Waals surface area contributed by atoms with Gasteiger partial charge < -0.3 is 15.5 Å². The Morgan fingerprint density at radius 2 is 1.69 bits per heavy atom. The zero-order valence-electron chi connectivity index (χ0n) is 30.4. The van der Waals surface area contributed by atoms with Gasteiger partial charge in [0, 0.05) is 18.3 Å². The Balaban J connectivity index is 1.78. The summed E-state index contributed by atoms with van der Waals surface area (Å²) in [5.41, 5.74) is -4.65. The Labute approximate surface area is 284 Å². The lowest BCUT2D eigenvalue weighted by atomic mass is 9.34. The molecule has 48 heavy (non-hydrogen) atoms. The van der Waals surface area contributed by atoms with Crippen LogP contribution in [0.1, 0.15) is 122 Å². The number of hydrogen-bond donors (Lipinski definition) is 3. The highest BCUT2D eigenvalue weighted by molar-refractivity contribution is 6.33. The highest BCUT2D eigenvalue weighted by Crippen LogP contribution is 2.70. The second-order valence-electron chi connectivity index (χ2n) is 16.7. The summed E-state index contributed by atoms with van der Waals surface area (Å²) in [5, 5.41) is 27.4. The van der Waals surface area contributed by atoms with Crippen LogP contribution in [0, 0.1) is 34.5 Å². The van der Waals surface area contributed by atoms with Crippen LogP contribution in [0.4, 0.5) is 0 Å². The molecule has 1 saturated carbocycles. The van der Waals surface area contributed by atoms with Crippen LogP contribution >= 0.6 is 0 Å². The normalized spacial score (nSPS) is 33.9. The van der Waals surface area contributed by atoms with Crippen molar-refractivity contribution in [3.8, 4) is 5.75 Å². The molecule has 1 aliphatic heterocycles. The SMILES string of the molecule is CCC(=O)C[C@H]1[C@@]2(C)C(C(=O)c3c(ccc(C(C)(C)C)c3O)[C@@H]2C)C(=O)[C@]2(O)C(=O)C(C(=O)NCN3CCCC3)=C(C)[C@@H](C(C)C)[C@]12C. The number of likely N-dealkylation sites (tertiary alicyclic amines) is 1. The third-order valence-corrected chi connectivity index (χ3v) is 12.9. The zero-order valence-corrected chi connectivity index (χ0v) is 30.4. The van der Waals surface area contributed by atoms with Crippen molar-refractivity contribution in [1.82, 2.24) is 10.2 Å². The van der Waals surface area contributed by atoms with Crippen molar-refractivity contribution in [3.63, 3.8) is 0 Å². The average molecular weight is 663 g/mol. The van der Waals surface area contributed by atoms with Crippen LogP contribution in [-0.4, -0.2) is 69.5 Å². The van der Waals surface area contributed by atoms with Gasteiger partial charge in [0.15, 0.2) is 17.2 Å². The van der Waals surface area contributed by atoms with E-state index < -0.39 is 68.8 Å². The van der Waals surface area contributed by atoms with Crippen LogP contribution in [0.5, 0.6) is 5.75 Å². The van der Waals surface area contributed by atoms with Crippen molar-refractivity contribution in [2.24, 2.45) is 34.5 Å². The van der Waals surface area contributed by atoms with E-state index in [2.05, 4.69) is 10.2 Å². The molecular formula is C39H54N2O7. The first kappa shape index (κ1) is 36.1. The molecule has 0 radical (unpaired) electrons. The molecule has 3 N–H and O–H groups in total. The Hall–Kier alpha value is -3.17. The Morgan fingerprint density at radius 3 is 2.23 bits per heavy atom. The number of carbonyl (C=O) groups is 5. The molecule has 9 heteroatoms. The number of nitrogens with zero attached hydrogens (tertiary/aromatic N) is 1. The van der Waals surface area contributed by atoms with Gasteiger partial charge in [0.05, 0.1) is 23.7 Å². The minimum Gasteiger partial charge on any atom is -0.507 e. The number of ketones is 4. The summed E-state index contributed by atoms with van der Waals surface area (Å²) in [6.45, 7) is 20.4. The molecule has 7 atom stereocenters. The lowest BCUT2D eigenvalue weighted by Gasteiger charge is -2.67. The van der Waals surface area contributed by atoms with E-state index in [9.17, 15) is 29.4 Å². The fourth-order valence-corrected chi connectivity index (χ4v) is 10.4. The number of hydrogen-bond acceptors (Lipinski definition) is 8. The number of allylic oxidation sites excluding steroid dienone is 1. The van der Waals surface area contributed by atoms with Crippen LogP contribution in [0.15, 0.2) is 23.3 Å². The number of aromatic hydroxyl groups is 1. The smallest absolute Gasteiger partial charge is 0.255 e. The minimum absolute atomic E-state index is 0.0255. The molecule has 1 saturated heterocycles. The van der Waals surface area contributed by atoms with Crippen LogP contribution in [0.25, 0.3) is 0 Å². The van der Waals surface area contributed by atoms with Crippen molar-refractivity contribution >= 4 is 29.0 Å². The van der Waals surface area contributed by atoms with Gasteiger partial charge in [-0.3, -0.25) is 28.9 Å². The molecule has 1 aromatic rings. The molecule has 2 fully saturated rings. The molecular weight excluding hydrogens is 608 g/mol. The Kier molecular flexibility index (Phi) is 9.04. The summed E-state index contributed by atoms with van der Waals surface area (Å²) in [6.07, 6.45) is 2.17. The van der Waals surface area contributed by atoms with E-state index in [1.807, 2.05) is 60.6 Å². The van der Waals surface area contributed by atoms with Crippen LogP contribution in [0.2, 0.25) is 0 Å². The first-order valence-corrected chi connectivity index (χ1v) is 17.7. The lowest BCUT2D eigenvalue weighted by molar-refractivity contribution is -0.215. The largest absolute Gasteiger partial charge is 0.507 e. The summed E-state index contributed by atoms with van der Waals surface area (Å²) in [7, 11) is 0. The number of rotatable bonds is 7. The van der Waals surface area contributed by atoms with E-state index in [0.717, 1.165) is 25.9 Å². The number of phenolic OH excluding ortho intramolecular Hbond substituents is 1. The number of phenols is 1. The highest BCUT2D eigenvalue weighted by Gasteiger charge is 2.78. The summed E-state index contributed by atoms with van der Waals surface area (Å²) in [6, 6.07) is 3.66. The highest BCUT2D eigenvalue weighted by atomic mass is 16.3. The number of benzene rings is 1. The lowest BCUT2D eigenvalue weighted by Crippen LogP contribution is -2.77. The summed E-state index contributed by atoms with van der Waals surface area (Å²) < 4.78 is 0. The fourth-order valence-electron chi connectivity index (χ4n) is 10.4. The van der Waals surface area contributed by atoms with Crippen molar-refractivity contribution in [1.29, 1.82) is 0 Å². The van der Waals surface area contributed by atoms with E-state index >= 15 is 4.79 Å². The number of nitrogens with one attached hydrogen (secondary N) is 1. The van der Waals surface area contributed by atoms with E-state index in [0.29, 0.717) is 16.7 Å². The van der Waals surface area contributed by atoms with E-state index in [1.165, 1.54) is 0 Å². The molecule has 9 nitrogen and oxygen atoms in total. The molecule has 5 rings (SSSR count). The van der Waals surface area contributed by atoms with Crippen molar-refractivity contribution in [3.05, 3.63) is 40.0 Å². The molecule has 0 bridgehead atoms. The van der Waals surface area contributed by atoms with E-state index in [1.54, 1.807) is 20.8 Å². The molecule has 4 aliphatic rings. The molecule has 262 valence electrons. The third kappa shape index (κ3) is 4.81. The molecule has 0 spiro atoms. The molecule has 1 heterocycles. The van der Waals surface area contributed by atoms with Crippen molar-refractivity contribution in [2.45, 2.75) is 112 Å². The second-order valence-corrected chi connectivity index (χ2v) is 16.7. The first-order chi connectivity index (χ1) is 22.2. The maximum Gasteiger partial charge on any atom is 0.255 e. The van der Waals surface area contributed by atoms with Gasteiger partial charge in [0.2, 0.25) is 5.78 Å². The average Bonchev–Trinajstić information content (AvgIpc) is 3.52. The van der Waals surface area contributed by atoms with Crippen molar-refractivity contribution < 1.29 is 34.2 Å². The van der Waals surface area contributed by atoms with Crippen LogP contribution < -0.4 is 5.32 Å². The fraction of sp³-hybridized carbons (Fsp3) is 0.667. The Bertz CT molecular complexity index is 1610. The standard InChI is InChI=1S/C39H54N2O7/c1-11-23(42)18-26-37(9)22(5)24-14-15-25(36(6,7)8)31(43)28(24)32(44)30(37)34(46)39(48)33(45)27(21(4)29(20(2)3)38(26,39)10)35(47)40-19-41-16-12-13-17-41/h14-15,20,22,26,29-30,43,48H,11-13,16-19H2,1-10H3,(H,40,47)/t22-,26-,29+,30?,37-,38-,39+/m0/s1. The first-order valence-electron chi connectivity index (χ1n) is 17.7. The van der Waals surface area contributed by atoms with Gasteiger partial charge in [-0.05, 0) is 78.5 Å². The molecule has 3 aliphatic carbocycles. The predicted octanol–water partition coefficient (Wildman–Crippen LogP) is 5.26. The second kappa shape index (κ2) is 12.0. The monoisotopic (exact) mass is 662 g/mol. The maximum atomic E-state index is 15.2. The van der Waals surface area contributed by atoms with Gasteiger partial charge in [-0.25, -0.2) is 0 Å². The summed E-state index contributed by atoms with van der Waals surface area (Å²) in [4.78, 5) is 74.3. The zero-order chi connectivity index (χ0) is 35.9. The summed E-state index contributed by atoms with van der Waals surface area (Å²) in [5.74, 6) is -7.35. The number of Topliss-reactive ketones (excluding diaryl/α,β-unsaturated/α-hetero) is 4. The maximum absolute atomic E-state index is 15.2. The van der Waals surface area contributed by atoms with Gasteiger partial charge in [-0.15, -0.1) is 0 Å². The molecule has 1 amide bonds. The van der Waals surface area contributed by atoms with Crippen LogP contribution in [-0.2, 0) is 24.6 Å². The topological polar surface area (TPSA) is 141 Å². The predicted molar refractivity (Wildman–Crippen MR) is 182 cm³/mol. The number of amides is 1. The van der Waals surface area contributed by atoms with Gasteiger partial charge >= 0.3 is 0 Å². The van der Waals surface area contributed by atoms with Gasteiger partial charge in [-0.1, -0.05) is 80.0 Å². The van der Waals surface area contributed by atoms with E-state index in [4.69, 9.17) is 0 Å². The number of aliphatic hydroxyl groups is 1. The molecule has 1 unspecified atom stereocenters. The molecule has 0 aromatic heterocycles. The van der Waals surface area contributed by atoms with Crippen LogP contribution in [0.3, 0.4) is 0 Å². The van der Waals surface area contributed by atoms with Gasteiger partial charge in [0.25, 0.3) is 5.91 Å². The van der Waals surface area contributed by atoms with E-state index in [-0.39, 0.29) is 48.1 Å². The molecule has 1 aromatic carbocycles. The Morgan fingerprint density at radius 1 is 1.08 bits per heavy atom. The number of carbonyl (C=O) groups excluding carboxylic acids is 5. The quantitative estimate of drug-likeness (QED) is 0.265. The number of fused-ring (bicyclic) bond motifs is 3.